The SMILES string of the molecule is CO[C@H]1/C=C/O[C@@]2(C)Oc3c(C)c(O)c4c(c3C2=O)C2=Nc3c(cc(OCCN(C)C)cc3SC)OC2=C(NC(=O)/C(C)=C\C=C\[C@H](C)[C@H](O)[C@@H](C)[C@@H](O)[C@@H](C)[C@H](OC(C)=O)[C@@H]1C)C4O. The van der Waals surface area contributed by atoms with Crippen molar-refractivity contribution in [1.82, 2.24) is 10.2 Å². The first-order valence-electron chi connectivity index (χ1n) is 21.5. The van der Waals surface area contributed by atoms with Gasteiger partial charge >= 0.3 is 11.8 Å². The Hall–Kier alpha value is -5.17. The van der Waals surface area contributed by atoms with Gasteiger partial charge in [0.1, 0.15) is 47.5 Å². The van der Waals surface area contributed by atoms with E-state index in [1.165, 1.54) is 58.1 Å². The minimum absolute atomic E-state index is 0.0135. The van der Waals surface area contributed by atoms with Crippen LogP contribution in [0.15, 0.2) is 69.6 Å². The standard InChI is InChI=1S/C48H61N3O13S/c1-22-14-13-15-23(2)47(58)50-38-42(56)34-33(37-45(38)63-31-20-29(60-19-17-51(9)10)21-32(65-12)36(31)49-37)35-44(27(6)41(34)55)64-48(8,46(35)57)61-18-16-30(59-11)24(3)43(62-28(7)52)26(5)40(54)25(4)39(22)53/h13-16,18,20-22,24-26,30,39-40,42-43,53-56H,17,19H2,1-12H3,(H,50,58)/b14-13+,18-16+,23-15-/t22-,24+,25+,26+,30-,39-,40+,42?,43+,48-/m0/s1. The molecule has 0 spiro atoms. The lowest BCUT2D eigenvalue weighted by Gasteiger charge is -2.38. The Kier molecular flexibility index (Phi) is 15.0. The zero-order chi connectivity index (χ0) is 47.8. The van der Waals surface area contributed by atoms with Gasteiger partial charge in [-0.3, -0.25) is 14.4 Å². The Bertz CT molecular complexity index is 2370. The molecule has 5 bridgehead atoms. The number of hydrogen-bond acceptors (Lipinski definition) is 16. The van der Waals surface area contributed by atoms with Crippen molar-refractivity contribution in [3.8, 4) is 23.0 Å². The molecule has 2 aromatic carbocycles. The van der Waals surface area contributed by atoms with E-state index in [0.717, 1.165) is 0 Å². The predicted octanol–water partition coefficient (Wildman–Crippen LogP) is 5.80. The highest BCUT2D eigenvalue weighted by Crippen LogP contribution is 2.54. The number of amides is 1. The van der Waals surface area contributed by atoms with E-state index in [1.54, 1.807) is 52.8 Å². The van der Waals surface area contributed by atoms with Crippen molar-refractivity contribution in [3.63, 3.8) is 0 Å². The van der Waals surface area contributed by atoms with Crippen molar-refractivity contribution < 1.29 is 63.2 Å². The van der Waals surface area contributed by atoms with Crippen molar-refractivity contribution in [2.75, 3.05) is 40.6 Å². The van der Waals surface area contributed by atoms with Crippen LogP contribution < -0.4 is 19.5 Å². The number of allylic oxidation sites excluding steroid dienone is 3. The number of aromatic hydroxyl groups is 1. The summed E-state index contributed by atoms with van der Waals surface area (Å²) in [6.45, 7) is 13.8. The van der Waals surface area contributed by atoms with Crippen molar-refractivity contribution in [3.05, 3.63) is 82.0 Å². The third kappa shape index (κ3) is 9.58. The highest BCUT2D eigenvalue weighted by atomic mass is 32.2. The smallest absolute Gasteiger partial charge is 0.312 e. The summed E-state index contributed by atoms with van der Waals surface area (Å²) in [5.41, 5.74) is 0.498. The van der Waals surface area contributed by atoms with Crippen molar-refractivity contribution in [2.45, 2.75) is 96.6 Å². The van der Waals surface area contributed by atoms with Crippen LogP contribution in [0.5, 0.6) is 23.0 Å². The van der Waals surface area contributed by atoms with E-state index < -0.39 is 83.4 Å². The topological polar surface area (TPSA) is 215 Å². The lowest BCUT2D eigenvalue weighted by molar-refractivity contribution is -0.160. The number of hydrogen-bond donors (Lipinski definition) is 5. The summed E-state index contributed by atoms with van der Waals surface area (Å²) in [7, 11) is 5.32. The summed E-state index contributed by atoms with van der Waals surface area (Å²) in [4.78, 5) is 49.0. The van der Waals surface area contributed by atoms with Crippen LogP contribution in [0.4, 0.5) is 5.69 Å². The number of benzene rings is 2. The van der Waals surface area contributed by atoms with E-state index in [1.807, 2.05) is 31.3 Å². The minimum Gasteiger partial charge on any atom is -0.507 e. The maximum atomic E-state index is 14.8. The zero-order valence-electron chi connectivity index (χ0n) is 38.9. The first kappa shape index (κ1) is 49.3. The molecule has 16 nitrogen and oxygen atoms in total. The summed E-state index contributed by atoms with van der Waals surface area (Å²) in [5, 5.41) is 50.0. The Labute approximate surface area is 384 Å². The van der Waals surface area contributed by atoms with Gasteiger partial charge in [0.15, 0.2) is 11.5 Å². The molecule has 352 valence electrons. The van der Waals surface area contributed by atoms with E-state index in [9.17, 15) is 34.8 Å². The van der Waals surface area contributed by atoms with Gasteiger partial charge < -0.3 is 59.1 Å². The van der Waals surface area contributed by atoms with E-state index in [-0.39, 0.29) is 56.5 Å². The van der Waals surface area contributed by atoms with E-state index in [4.69, 9.17) is 33.4 Å². The number of thioether (sulfide) groups is 1. The van der Waals surface area contributed by atoms with E-state index >= 15 is 0 Å². The molecule has 3 aliphatic heterocycles. The zero-order valence-corrected chi connectivity index (χ0v) is 39.7. The van der Waals surface area contributed by atoms with E-state index in [2.05, 4.69) is 5.32 Å². The van der Waals surface area contributed by atoms with Gasteiger partial charge in [0.25, 0.3) is 11.7 Å². The highest BCUT2D eigenvalue weighted by Gasteiger charge is 2.53. The van der Waals surface area contributed by atoms with Crippen molar-refractivity contribution in [2.24, 2.45) is 28.7 Å². The number of rotatable bonds is 7. The monoisotopic (exact) mass is 919 g/mol. The molecule has 0 aromatic heterocycles. The summed E-state index contributed by atoms with van der Waals surface area (Å²) in [5.74, 6) is -6.11. The van der Waals surface area contributed by atoms with Crippen LogP contribution in [0.1, 0.15) is 81.6 Å². The van der Waals surface area contributed by atoms with Crippen LogP contribution in [0.2, 0.25) is 0 Å². The molecule has 1 amide bonds. The van der Waals surface area contributed by atoms with Gasteiger partial charge in [-0.1, -0.05) is 45.9 Å². The molecule has 0 fully saturated rings. The third-order valence-electron chi connectivity index (χ3n) is 12.6. The first-order valence-corrected chi connectivity index (χ1v) is 22.8. The van der Waals surface area contributed by atoms with E-state index in [0.29, 0.717) is 29.5 Å². The number of likely N-dealkylation sites (N-methyl/N-ethyl adjacent to an activating group) is 1. The normalized spacial score (nSPS) is 31.0. The van der Waals surface area contributed by atoms with Crippen LogP contribution in [0, 0.1) is 30.6 Å². The van der Waals surface area contributed by atoms with Gasteiger partial charge in [0, 0.05) is 84.4 Å². The fourth-order valence-electron chi connectivity index (χ4n) is 8.59. The third-order valence-corrected chi connectivity index (χ3v) is 13.3. The summed E-state index contributed by atoms with van der Waals surface area (Å²) in [6, 6.07) is 3.48. The number of fused-ring (bicyclic) bond motifs is 4. The molecule has 1 unspecified atom stereocenters. The molecule has 65 heavy (non-hydrogen) atoms. The van der Waals surface area contributed by atoms with Crippen LogP contribution in [-0.4, -0.2) is 120 Å². The molecule has 2 aromatic rings. The molecule has 5 N–H and O–H groups in total. The number of nitrogens with zero attached hydrogens (tertiary/aromatic N) is 2. The van der Waals surface area contributed by atoms with Gasteiger partial charge in [-0.25, -0.2) is 4.99 Å². The number of aliphatic hydroxyl groups is 3. The Morgan fingerprint density at radius 2 is 1.72 bits per heavy atom. The van der Waals surface area contributed by atoms with Gasteiger partial charge in [0.2, 0.25) is 0 Å². The molecule has 4 aliphatic rings. The second-order valence-electron chi connectivity index (χ2n) is 17.5. The summed E-state index contributed by atoms with van der Waals surface area (Å²) >= 11 is 1.38. The largest absolute Gasteiger partial charge is 0.507 e. The number of carbonyl (C=O) groups excluding carboxylic acids is 3. The summed E-state index contributed by atoms with van der Waals surface area (Å²) in [6.07, 6.45) is 3.85. The van der Waals surface area contributed by atoms with Crippen LogP contribution in [0.3, 0.4) is 0 Å². The quantitative estimate of drug-likeness (QED) is 0.164. The van der Waals surface area contributed by atoms with Gasteiger partial charge in [-0.15, -0.1) is 11.8 Å². The number of ether oxygens (including phenoxy) is 6. The molecule has 0 saturated heterocycles. The second-order valence-corrected chi connectivity index (χ2v) is 18.4. The number of Topliss-reactive ketones (excluding diaryl/α,β-unsaturated/α-hetero) is 1. The average Bonchev–Trinajstić information content (AvgIpc) is 3.53. The molecule has 10 atom stereocenters. The van der Waals surface area contributed by atoms with Gasteiger partial charge in [-0.2, -0.15) is 0 Å². The summed E-state index contributed by atoms with van der Waals surface area (Å²) < 4.78 is 36.7. The van der Waals surface area contributed by atoms with Crippen molar-refractivity contribution in [1.29, 1.82) is 0 Å². The molecule has 0 radical (unpaired) electrons. The predicted molar refractivity (Wildman–Crippen MR) is 244 cm³/mol. The average molecular weight is 920 g/mol. The molecule has 0 saturated carbocycles. The fourth-order valence-corrected chi connectivity index (χ4v) is 9.16. The molecular weight excluding hydrogens is 859 g/mol. The number of phenolic OH excluding ortho intramolecular Hbond substituents is 1. The minimum atomic E-state index is -2.02. The van der Waals surface area contributed by atoms with Gasteiger partial charge in [0.05, 0.1) is 35.8 Å². The number of aliphatic imine (C=N–C) groups is 1. The van der Waals surface area contributed by atoms with Crippen molar-refractivity contribution >= 4 is 40.8 Å². The molecule has 6 rings (SSSR count). The Balaban J connectivity index is 1.55. The number of phenols is 1. The van der Waals surface area contributed by atoms with Gasteiger partial charge in [-0.05, 0) is 46.3 Å². The fraction of sp³-hybridized carbons (Fsp3) is 0.500. The number of aliphatic hydroxyl groups excluding tert-OH is 3. The molecule has 3 heterocycles. The highest BCUT2D eigenvalue weighted by molar-refractivity contribution is 7.98. The number of nitrogens with one attached hydrogen (secondary N) is 1. The maximum Gasteiger partial charge on any atom is 0.312 e. The first-order chi connectivity index (χ1) is 30.6. The van der Waals surface area contributed by atoms with Crippen LogP contribution in [0.25, 0.3) is 0 Å². The lowest BCUT2D eigenvalue weighted by Crippen LogP contribution is -2.46. The molecular formula is C48H61N3O13S. The number of ketones is 1. The Morgan fingerprint density at radius 1 is 1.02 bits per heavy atom. The Morgan fingerprint density at radius 3 is 2.37 bits per heavy atom. The molecule has 17 heteroatoms. The second kappa shape index (κ2) is 19.7. The maximum absolute atomic E-state index is 14.8. The van der Waals surface area contributed by atoms with Crippen LogP contribution in [-0.2, 0) is 23.8 Å². The number of esters is 1. The number of methoxy groups -OCH3 is 1. The molecule has 1 aliphatic carbocycles. The van der Waals surface area contributed by atoms with Crippen LogP contribution >= 0.6 is 11.8 Å². The lowest BCUT2D eigenvalue weighted by atomic mass is 9.78. The number of carbonyl (C=O) groups is 3.